The van der Waals surface area contributed by atoms with Gasteiger partial charge < -0.3 is 29.7 Å². The highest BCUT2D eigenvalue weighted by molar-refractivity contribution is 7.91. The highest BCUT2D eigenvalue weighted by Crippen LogP contribution is 2.47. The minimum absolute atomic E-state index is 0.0139. The van der Waals surface area contributed by atoms with Crippen molar-refractivity contribution in [2.45, 2.75) is 126 Å². The zero-order valence-electron chi connectivity index (χ0n) is 31.0. The van der Waals surface area contributed by atoms with E-state index in [2.05, 4.69) is 15.4 Å². The third-order valence-electron chi connectivity index (χ3n) is 12.0. The maximum absolute atomic E-state index is 14.5. The van der Waals surface area contributed by atoms with Crippen molar-refractivity contribution in [1.82, 2.24) is 30.2 Å². The lowest BCUT2D eigenvalue weighted by atomic mass is 9.93. The summed E-state index contributed by atoms with van der Waals surface area (Å²) in [7, 11) is -2.38. The van der Waals surface area contributed by atoms with Crippen molar-refractivity contribution in [3.05, 3.63) is 23.9 Å². The van der Waals surface area contributed by atoms with Crippen LogP contribution in [0.15, 0.2) is 18.2 Å². The molecule has 15 nitrogen and oxygen atoms in total. The van der Waals surface area contributed by atoms with Crippen LogP contribution in [0.25, 0.3) is 11.0 Å². The molecule has 0 spiro atoms. The highest BCUT2D eigenvalue weighted by atomic mass is 32.2. The van der Waals surface area contributed by atoms with Gasteiger partial charge in [-0.1, -0.05) is 26.7 Å². The first-order valence-corrected chi connectivity index (χ1v) is 20.3. The number of amides is 4. The third kappa shape index (κ3) is 7.22. The SMILES string of the molecule is CC[C@@H]1[C@@H]2CN(C(=O)[C@H](C)NC(=O)O[C@@H]3C[C@H]3CCCCCc3nc4ccc(OC)cc4nc3O2)[C@@H]1C(=O)N[C@]1(C(=O)NS(=O)(=O)C2(C)CC2)C[C@H]1C. The molecule has 1 aromatic carbocycles. The fourth-order valence-corrected chi connectivity index (χ4v) is 9.19. The molecule has 3 aliphatic carbocycles. The van der Waals surface area contributed by atoms with Crippen LogP contribution in [0.4, 0.5) is 4.79 Å². The van der Waals surface area contributed by atoms with Gasteiger partial charge in [-0.2, -0.15) is 0 Å². The number of aromatic nitrogens is 2. The van der Waals surface area contributed by atoms with Gasteiger partial charge >= 0.3 is 6.09 Å². The lowest BCUT2D eigenvalue weighted by molar-refractivity contribution is -0.141. The van der Waals surface area contributed by atoms with E-state index in [0.29, 0.717) is 54.0 Å². The van der Waals surface area contributed by atoms with Crippen molar-refractivity contribution in [2.75, 3.05) is 13.7 Å². The fourth-order valence-electron chi connectivity index (χ4n) is 7.88. The fraction of sp³-hybridized carbons (Fsp3) is 0.676. The van der Waals surface area contributed by atoms with E-state index in [-0.39, 0.29) is 30.9 Å². The highest BCUT2D eigenvalue weighted by Gasteiger charge is 2.62. The van der Waals surface area contributed by atoms with Gasteiger partial charge in [0.1, 0.15) is 41.3 Å². The number of alkyl carbamates (subject to hydrolysis) is 1. The van der Waals surface area contributed by atoms with E-state index in [9.17, 15) is 27.6 Å². The second-order valence-electron chi connectivity index (χ2n) is 15.8. The Morgan fingerprint density at radius 1 is 1.08 bits per heavy atom. The van der Waals surface area contributed by atoms with Crippen LogP contribution in [0.5, 0.6) is 11.6 Å². The van der Waals surface area contributed by atoms with Crippen molar-refractivity contribution in [2.24, 2.45) is 17.8 Å². The quantitative estimate of drug-likeness (QED) is 0.376. The molecule has 5 aliphatic rings. The predicted molar refractivity (Wildman–Crippen MR) is 192 cm³/mol. The first-order valence-electron chi connectivity index (χ1n) is 18.9. The second-order valence-corrected chi connectivity index (χ2v) is 18.0. The number of benzene rings is 1. The summed E-state index contributed by atoms with van der Waals surface area (Å²) in [5.74, 6) is -1.64. The van der Waals surface area contributed by atoms with Crippen molar-refractivity contribution in [1.29, 1.82) is 0 Å². The van der Waals surface area contributed by atoms with Crippen molar-refractivity contribution in [3.63, 3.8) is 0 Å². The Balaban J connectivity index is 1.21. The molecule has 2 aromatic rings. The summed E-state index contributed by atoms with van der Waals surface area (Å²) in [6, 6.07) is 3.29. The molecule has 288 valence electrons. The summed E-state index contributed by atoms with van der Waals surface area (Å²) >= 11 is 0. The molecule has 3 N–H and O–H groups in total. The number of hydrogen-bond acceptors (Lipinski definition) is 11. The van der Waals surface area contributed by atoms with Crippen LogP contribution in [0.3, 0.4) is 0 Å². The molecule has 3 heterocycles. The van der Waals surface area contributed by atoms with Crippen LogP contribution in [0.2, 0.25) is 0 Å². The van der Waals surface area contributed by atoms with Crippen LogP contribution >= 0.6 is 0 Å². The number of methoxy groups -OCH3 is 1. The predicted octanol–water partition coefficient (Wildman–Crippen LogP) is 3.14. The number of nitrogens with one attached hydrogen (secondary N) is 3. The molecule has 7 rings (SSSR count). The van der Waals surface area contributed by atoms with E-state index in [1.165, 1.54) is 11.8 Å². The monoisotopic (exact) mass is 754 g/mol. The topological polar surface area (TPSA) is 195 Å². The summed E-state index contributed by atoms with van der Waals surface area (Å²) in [6.45, 7) is 6.76. The largest absolute Gasteiger partial charge is 0.497 e. The van der Waals surface area contributed by atoms with E-state index in [4.69, 9.17) is 24.2 Å². The summed E-state index contributed by atoms with van der Waals surface area (Å²) in [5, 5.41) is 5.52. The average Bonchev–Trinajstić information content (AvgIpc) is 4.07. The van der Waals surface area contributed by atoms with Crippen LogP contribution in [-0.2, 0) is 35.6 Å². The smallest absolute Gasteiger partial charge is 0.408 e. The maximum atomic E-state index is 14.5. The van der Waals surface area contributed by atoms with Crippen molar-refractivity contribution < 1.29 is 41.8 Å². The molecule has 2 aliphatic heterocycles. The molecule has 4 fully saturated rings. The van der Waals surface area contributed by atoms with E-state index in [0.717, 1.165) is 32.1 Å². The Labute approximate surface area is 309 Å². The zero-order chi connectivity index (χ0) is 37.9. The molecule has 2 bridgehead atoms. The molecule has 16 heteroatoms. The molecular weight excluding hydrogens is 705 g/mol. The molecule has 0 unspecified atom stereocenters. The first-order chi connectivity index (χ1) is 25.2. The normalized spacial score (nSPS) is 32.4. The van der Waals surface area contributed by atoms with E-state index >= 15 is 0 Å². The zero-order valence-corrected chi connectivity index (χ0v) is 31.8. The average molecular weight is 755 g/mol. The minimum atomic E-state index is -3.96. The Kier molecular flexibility index (Phi) is 9.73. The number of hydrogen-bond donors (Lipinski definition) is 3. The number of ether oxygens (including phenoxy) is 3. The molecule has 4 amide bonds. The lowest BCUT2D eigenvalue weighted by Crippen LogP contribution is -2.59. The molecule has 53 heavy (non-hydrogen) atoms. The Bertz CT molecular complexity index is 1920. The second kappa shape index (κ2) is 13.9. The van der Waals surface area contributed by atoms with Crippen molar-refractivity contribution in [3.8, 4) is 11.6 Å². The molecule has 1 aromatic heterocycles. The Hall–Kier alpha value is -4.21. The summed E-state index contributed by atoms with van der Waals surface area (Å²) in [5.41, 5.74) is 0.467. The van der Waals surface area contributed by atoms with E-state index in [1.807, 2.05) is 19.1 Å². The van der Waals surface area contributed by atoms with Crippen molar-refractivity contribution >= 4 is 44.9 Å². The van der Waals surface area contributed by atoms with Gasteiger partial charge in [0.15, 0.2) is 0 Å². The van der Waals surface area contributed by atoms with Gasteiger partial charge in [0.2, 0.25) is 27.7 Å². The summed E-state index contributed by atoms with van der Waals surface area (Å²) in [6.07, 6.45) is 4.96. The summed E-state index contributed by atoms with van der Waals surface area (Å²) in [4.78, 5) is 66.3. The van der Waals surface area contributed by atoms with Gasteiger partial charge in [0.25, 0.3) is 5.91 Å². The number of sulfonamides is 1. The Morgan fingerprint density at radius 3 is 2.51 bits per heavy atom. The number of carbonyl (C=O) groups is 4. The Morgan fingerprint density at radius 2 is 1.83 bits per heavy atom. The number of rotatable bonds is 7. The van der Waals surface area contributed by atoms with Gasteiger partial charge in [0, 0.05) is 12.0 Å². The van der Waals surface area contributed by atoms with Gasteiger partial charge in [-0.05, 0) is 89.2 Å². The molecule has 1 saturated heterocycles. The lowest BCUT2D eigenvalue weighted by Gasteiger charge is -2.30. The van der Waals surface area contributed by atoms with E-state index in [1.54, 1.807) is 27.0 Å². The van der Waals surface area contributed by atoms with Gasteiger partial charge in [-0.15, -0.1) is 0 Å². The maximum Gasteiger partial charge on any atom is 0.408 e. The number of aryl methyl sites for hydroxylation is 1. The standard InChI is InChI=1S/C37H50N6O9S/c1-6-24-29-19-43(30(24)31(44)41-37(18-20(37)2)34(46)42-53(48,49)36(4)14-15-36)33(45)21(3)38-35(47)52-28-16-22(28)10-8-7-9-11-26-32(51-29)40-27-17-23(50-5)12-13-25(27)39-26/h12-13,17,20-22,24,28-30H,6-11,14-16,18-19H2,1-5H3,(H,38,47)(H,41,44)(H,42,46)/t20-,21+,22-,24-,28-,29+,30+,37-/m1/s1. The number of nitrogens with zero attached hydrogens (tertiary/aromatic N) is 3. The van der Waals surface area contributed by atoms with Gasteiger partial charge in [0.05, 0.1) is 29.4 Å². The minimum Gasteiger partial charge on any atom is -0.497 e. The molecule has 3 saturated carbocycles. The number of carbonyl (C=O) groups excluding carboxylic acids is 4. The molecule has 8 atom stereocenters. The number of fused-ring (bicyclic) bond motifs is 5. The van der Waals surface area contributed by atoms with Crippen LogP contribution in [0.1, 0.15) is 91.2 Å². The molecular formula is C37H50N6O9S. The third-order valence-corrected chi connectivity index (χ3v) is 14.1. The molecule has 0 radical (unpaired) electrons. The van der Waals surface area contributed by atoms with E-state index < -0.39 is 68.2 Å². The first kappa shape index (κ1) is 37.1. The van der Waals surface area contributed by atoms with Crippen LogP contribution < -0.4 is 24.8 Å². The van der Waals surface area contributed by atoms with Gasteiger partial charge in [-0.25, -0.2) is 23.2 Å². The van der Waals surface area contributed by atoms with Crippen LogP contribution in [-0.4, -0.2) is 95.3 Å². The summed E-state index contributed by atoms with van der Waals surface area (Å²) < 4.78 is 44.9. The van der Waals surface area contributed by atoms with Crippen LogP contribution in [0, 0.1) is 17.8 Å². The van der Waals surface area contributed by atoms with Gasteiger partial charge in [-0.3, -0.25) is 19.1 Å².